The molecular weight excluding hydrogens is 291 g/mol. The maximum Gasteiger partial charge on any atom is 0.391 e. The van der Waals surface area contributed by atoms with E-state index in [1.165, 1.54) is 0 Å². The quantitative estimate of drug-likeness (QED) is 0.819. The van der Waals surface area contributed by atoms with Crippen LogP contribution in [0.1, 0.15) is 30.9 Å². The molecule has 20 heavy (non-hydrogen) atoms. The van der Waals surface area contributed by atoms with E-state index in [1.807, 2.05) is 0 Å². The lowest BCUT2D eigenvalue weighted by molar-refractivity contribution is -0.149. The molecule has 0 heterocycles. The first-order valence-electron chi connectivity index (χ1n) is 6.61. The normalized spacial score (nSPS) is 17.2. The minimum atomic E-state index is -4.19. The molecular formula is C14H17ClF3NO. The van der Waals surface area contributed by atoms with Crippen LogP contribution in [0.25, 0.3) is 0 Å². The number of halogens is 4. The predicted molar refractivity (Wildman–Crippen MR) is 71.8 cm³/mol. The van der Waals surface area contributed by atoms with Crippen LogP contribution < -0.4 is 5.32 Å². The molecule has 1 N–H and O–H groups in total. The maximum atomic E-state index is 12.2. The van der Waals surface area contributed by atoms with Gasteiger partial charge in [0.05, 0.1) is 19.1 Å². The molecule has 1 aliphatic carbocycles. The molecule has 0 spiro atoms. The van der Waals surface area contributed by atoms with Crippen molar-refractivity contribution in [2.24, 2.45) is 0 Å². The second kappa shape index (κ2) is 6.78. The lowest BCUT2D eigenvalue weighted by atomic mass is 10.1. The van der Waals surface area contributed by atoms with Crippen LogP contribution in [-0.4, -0.2) is 25.4 Å². The number of hydrogen-bond acceptors (Lipinski definition) is 2. The van der Waals surface area contributed by atoms with Crippen molar-refractivity contribution >= 4 is 11.6 Å². The van der Waals surface area contributed by atoms with Gasteiger partial charge in [0.15, 0.2) is 0 Å². The highest BCUT2D eigenvalue weighted by molar-refractivity contribution is 6.30. The second-order valence-corrected chi connectivity index (χ2v) is 5.40. The van der Waals surface area contributed by atoms with E-state index in [1.54, 1.807) is 24.3 Å². The minimum Gasteiger partial charge on any atom is -0.372 e. The van der Waals surface area contributed by atoms with E-state index >= 15 is 0 Å². The summed E-state index contributed by atoms with van der Waals surface area (Å²) in [6.07, 6.45) is -3.25. The summed E-state index contributed by atoms with van der Waals surface area (Å²) < 4.78 is 41.9. The van der Waals surface area contributed by atoms with Crippen LogP contribution in [0.5, 0.6) is 0 Å². The molecule has 1 atom stereocenters. The highest BCUT2D eigenvalue weighted by atomic mass is 35.5. The van der Waals surface area contributed by atoms with Gasteiger partial charge in [-0.15, -0.1) is 0 Å². The third kappa shape index (κ3) is 5.69. The minimum absolute atomic E-state index is 0.330. The molecule has 0 amide bonds. The molecule has 2 rings (SSSR count). The summed E-state index contributed by atoms with van der Waals surface area (Å²) in [7, 11) is 0. The molecule has 1 aliphatic rings. The van der Waals surface area contributed by atoms with Gasteiger partial charge in [-0.1, -0.05) is 23.7 Å². The van der Waals surface area contributed by atoms with Gasteiger partial charge in [0.25, 0.3) is 0 Å². The summed E-state index contributed by atoms with van der Waals surface area (Å²) in [6, 6.07) is 7.49. The van der Waals surface area contributed by atoms with Crippen LogP contribution in [0.3, 0.4) is 0 Å². The van der Waals surface area contributed by atoms with E-state index in [0.717, 1.165) is 18.4 Å². The molecule has 1 unspecified atom stereocenters. The topological polar surface area (TPSA) is 21.3 Å². The van der Waals surface area contributed by atoms with Gasteiger partial charge in [-0.3, -0.25) is 0 Å². The third-order valence-corrected chi connectivity index (χ3v) is 3.37. The van der Waals surface area contributed by atoms with Gasteiger partial charge in [0, 0.05) is 17.6 Å². The Balaban J connectivity index is 1.90. The highest BCUT2D eigenvalue weighted by Gasteiger charge is 2.28. The molecule has 1 saturated carbocycles. The lowest BCUT2D eigenvalue weighted by Gasteiger charge is -2.19. The number of nitrogens with one attached hydrogen (secondary N) is 1. The van der Waals surface area contributed by atoms with Crippen LogP contribution >= 0.6 is 11.6 Å². The van der Waals surface area contributed by atoms with Crippen molar-refractivity contribution in [3.05, 3.63) is 34.9 Å². The van der Waals surface area contributed by atoms with Crippen molar-refractivity contribution < 1.29 is 17.9 Å². The molecule has 0 aromatic heterocycles. The Bertz CT molecular complexity index is 417. The molecule has 1 aromatic carbocycles. The fourth-order valence-corrected chi connectivity index (χ4v) is 1.95. The monoisotopic (exact) mass is 307 g/mol. The number of hydrogen-bond donors (Lipinski definition) is 1. The number of rotatable bonds is 7. The molecule has 0 aliphatic heterocycles. The van der Waals surface area contributed by atoms with Gasteiger partial charge in [-0.25, -0.2) is 0 Å². The van der Waals surface area contributed by atoms with Crippen molar-refractivity contribution in [2.45, 2.75) is 37.6 Å². The molecule has 1 aromatic rings. The average Bonchev–Trinajstić information content (AvgIpc) is 3.17. The van der Waals surface area contributed by atoms with Gasteiger partial charge < -0.3 is 10.1 Å². The van der Waals surface area contributed by atoms with Crippen molar-refractivity contribution in [1.29, 1.82) is 0 Å². The molecule has 6 heteroatoms. The first-order chi connectivity index (χ1) is 9.44. The van der Waals surface area contributed by atoms with E-state index in [2.05, 4.69) is 5.32 Å². The summed E-state index contributed by atoms with van der Waals surface area (Å²) >= 11 is 5.81. The van der Waals surface area contributed by atoms with Gasteiger partial charge in [0.1, 0.15) is 0 Å². The Hall–Kier alpha value is -0.780. The van der Waals surface area contributed by atoms with E-state index in [0.29, 0.717) is 17.6 Å². The summed E-state index contributed by atoms with van der Waals surface area (Å²) in [5.74, 6) is 0. The van der Waals surface area contributed by atoms with Gasteiger partial charge in [0.2, 0.25) is 0 Å². The van der Waals surface area contributed by atoms with Crippen LogP contribution in [-0.2, 0) is 4.74 Å². The van der Waals surface area contributed by atoms with Crippen molar-refractivity contribution in [3.63, 3.8) is 0 Å². The molecule has 0 bridgehead atoms. The highest BCUT2D eigenvalue weighted by Crippen LogP contribution is 2.25. The number of ether oxygens (including phenoxy) is 1. The Morgan fingerprint density at radius 3 is 2.45 bits per heavy atom. The number of alkyl halides is 3. The predicted octanol–water partition coefficient (Wildman–Crippen LogP) is 4.10. The van der Waals surface area contributed by atoms with Crippen LogP contribution in [0.15, 0.2) is 24.3 Å². The molecule has 112 valence electrons. The first-order valence-corrected chi connectivity index (χ1v) is 6.99. The van der Waals surface area contributed by atoms with E-state index in [-0.39, 0.29) is 12.7 Å². The number of benzene rings is 1. The zero-order valence-corrected chi connectivity index (χ0v) is 11.7. The summed E-state index contributed by atoms with van der Waals surface area (Å²) in [6.45, 7) is 0.188. The SMILES string of the molecule is FC(F)(F)CCOC(CNC1CC1)c1ccc(Cl)cc1. The van der Waals surface area contributed by atoms with Crippen LogP contribution in [0.4, 0.5) is 13.2 Å². The fraction of sp³-hybridized carbons (Fsp3) is 0.571. The van der Waals surface area contributed by atoms with Crippen LogP contribution in [0, 0.1) is 0 Å². The summed E-state index contributed by atoms with van der Waals surface area (Å²) in [5.41, 5.74) is 0.838. The Kier molecular flexibility index (Phi) is 5.29. The molecule has 1 fully saturated rings. The average molecular weight is 308 g/mol. The Labute approximate surface area is 121 Å². The Morgan fingerprint density at radius 2 is 1.90 bits per heavy atom. The largest absolute Gasteiger partial charge is 0.391 e. The lowest BCUT2D eigenvalue weighted by Crippen LogP contribution is -2.26. The standard InChI is InChI=1S/C14H17ClF3NO/c15-11-3-1-10(2-4-11)13(9-19-12-5-6-12)20-8-7-14(16,17)18/h1-4,12-13,19H,5-9H2. The van der Waals surface area contributed by atoms with E-state index < -0.39 is 12.6 Å². The van der Waals surface area contributed by atoms with Gasteiger partial charge in [-0.2, -0.15) is 13.2 Å². The first kappa shape index (κ1) is 15.6. The van der Waals surface area contributed by atoms with Gasteiger partial charge >= 0.3 is 6.18 Å². The third-order valence-electron chi connectivity index (χ3n) is 3.12. The fourth-order valence-electron chi connectivity index (χ4n) is 1.83. The van der Waals surface area contributed by atoms with Crippen molar-refractivity contribution in [1.82, 2.24) is 5.32 Å². The molecule has 0 saturated heterocycles. The summed E-state index contributed by atoms with van der Waals surface area (Å²) in [5, 5.41) is 3.87. The van der Waals surface area contributed by atoms with Crippen molar-refractivity contribution in [3.8, 4) is 0 Å². The molecule has 2 nitrogen and oxygen atoms in total. The zero-order chi connectivity index (χ0) is 14.6. The van der Waals surface area contributed by atoms with E-state index in [9.17, 15) is 13.2 Å². The Morgan fingerprint density at radius 1 is 1.25 bits per heavy atom. The molecule has 0 radical (unpaired) electrons. The van der Waals surface area contributed by atoms with E-state index in [4.69, 9.17) is 16.3 Å². The van der Waals surface area contributed by atoms with Crippen molar-refractivity contribution in [2.75, 3.05) is 13.2 Å². The zero-order valence-electron chi connectivity index (χ0n) is 10.9. The maximum absolute atomic E-state index is 12.2. The smallest absolute Gasteiger partial charge is 0.372 e. The summed E-state index contributed by atoms with van der Waals surface area (Å²) in [4.78, 5) is 0. The second-order valence-electron chi connectivity index (χ2n) is 4.96. The van der Waals surface area contributed by atoms with Crippen LogP contribution in [0.2, 0.25) is 5.02 Å². The van der Waals surface area contributed by atoms with Gasteiger partial charge in [-0.05, 0) is 30.5 Å².